The van der Waals surface area contributed by atoms with Gasteiger partial charge in [0, 0.05) is 13.0 Å². The maximum Gasteiger partial charge on any atom is 0.268 e. The number of phosphoric ester groups is 1. The van der Waals surface area contributed by atoms with Gasteiger partial charge in [0.15, 0.2) is 0 Å². The number of quaternary nitrogens is 1. The Bertz CT molecular complexity index is 501. The standard InChI is InChI=1S/C23H50N3O5P/c1-26(2,3)20-22-31-32(28,29)30-21-15-13-11-9-7-5-4-6-8-10-12-14-17-23(27)25-19-16-18-24/h4-22,24H2,1-3H3,(H-,25,27,28,29). The molecule has 9 heteroatoms. The molecule has 1 unspecified atom stereocenters. The molecular weight excluding hydrogens is 429 g/mol. The number of carbonyl (C=O) groups excluding carboxylic acids is 1. The molecule has 0 aromatic heterocycles. The first-order valence-electron chi connectivity index (χ1n) is 12.5. The van der Waals surface area contributed by atoms with Crippen LogP contribution in [0.3, 0.4) is 0 Å². The van der Waals surface area contributed by atoms with Crippen LogP contribution in [0.25, 0.3) is 0 Å². The van der Waals surface area contributed by atoms with Gasteiger partial charge in [0.2, 0.25) is 5.91 Å². The van der Waals surface area contributed by atoms with Crippen molar-refractivity contribution in [2.75, 3.05) is 54.0 Å². The molecule has 0 aliphatic rings. The van der Waals surface area contributed by atoms with Crippen LogP contribution in [0, 0.1) is 0 Å². The van der Waals surface area contributed by atoms with Crippen molar-refractivity contribution in [3.05, 3.63) is 0 Å². The van der Waals surface area contributed by atoms with E-state index < -0.39 is 7.82 Å². The molecule has 0 fully saturated rings. The summed E-state index contributed by atoms with van der Waals surface area (Å²) >= 11 is 0. The third kappa shape index (κ3) is 24.1. The maximum absolute atomic E-state index is 11.7. The average molecular weight is 480 g/mol. The Hall–Kier alpha value is -0.500. The molecule has 0 saturated heterocycles. The summed E-state index contributed by atoms with van der Waals surface area (Å²) < 4.78 is 22.1. The van der Waals surface area contributed by atoms with Crippen molar-refractivity contribution in [2.24, 2.45) is 5.73 Å². The molecule has 1 atom stereocenters. The molecule has 0 heterocycles. The van der Waals surface area contributed by atoms with Crippen molar-refractivity contribution in [3.8, 4) is 0 Å². The third-order valence-corrected chi connectivity index (χ3v) is 6.26. The van der Waals surface area contributed by atoms with E-state index in [0.29, 0.717) is 30.5 Å². The monoisotopic (exact) mass is 479 g/mol. The van der Waals surface area contributed by atoms with Crippen LogP contribution in [0.1, 0.15) is 89.9 Å². The molecule has 3 N–H and O–H groups in total. The van der Waals surface area contributed by atoms with Crippen LogP contribution in [-0.4, -0.2) is 64.4 Å². The lowest BCUT2D eigenvalue weighted by Crippen LogP contribution is -2.37. The highest BCUT2D eigenvalue weighted by molar-refractivity contribution is 7.45. The molecule has 192 valence electrons. The summed E-state index contributed by atoms with van der Waals surface area (Å²) in [5.41, 5.74) is 5.40. The van der Waals surface area contributed by atoms with Crippen LogP contribution in [0.5, 0.6) is 0 Å². The van der Waals surface area contributed by atoms with Gasteiger partial charge in [0.1, 0.15) is 13.2 Å². The van der Waals surface area contributed by atoms with Crippen molar-refractivity contribution >= 4 is 13.7 Å². The maximum atomic E-state index is 11.7. The van der Waals surface area contributed by atoms with Gasteiger partial charge in [0.05, 0.1) is 27.7 Å². The van der Waals surface area contributed by atoms with Crippen molar-refractivity contribution < 1.29 is 27.8 Å². The number of hydrogen-bond donors (Lipinski definition) is 2. The summed E-state index contributed by atoms with van der Waals surface area (Å²) in [7, 11) is 1.79. The predicted octanol–water partition coefficient (Wildman–Crippen LogP) is 3.73. The molecule has 0 rings (SSSR count). The number of nitrogens with one attached hydrogen (secondary N) is 1. The molecule has 0 spiro atoms. The summed E-state index contributed by atoms with van der Waals surface area (Å²) in [4.78, 5) is 23.2. The normalized spacial score (nSPS) is 13.8. The number of carbonyl (C=O) groups is 1. The molecule has 0 aromatic carbocycles. The van der Waals surface area contributed by atoms with E-state index in [9.17, 15) is 14.3 Å². The van der Waals surface area contributed by atoms with Crippen molar-refractivity contribution in [1.29, 1.82) is 0 Å². The highest BCUT2D eigenvalue weighted by Crippen LogP contribution is 2.38. The zero-order valence-corrected chi connectivity index (χ0v) is 21.8. The fourth-order valence-electron chi connectivity index (χ4n) is 3.21. The molecule has 0 aliphatic carbocycles. The second kappa shape index (κ2) is 19.9. The van der Waals surface area contributed by atoms with Crippen molar-refractivity contribution in [2.45, 2.75) is 89.9 Å². The number of phosphoric acid groups is 1. The van der Waals surface area contributed by atoms with E-state index in [4.69, 9.17) is 14.8 Å². The van der Waals surface area contributed by atoms with E-state index in [0.717, 1.165) is 38.5 Å². The number of nitrogens with two attached hydrogens (primary N) is 1. The van der Waals surface area contributed by atoms with Crippen LogP contribution in [0.2, 0.25) is 0 Å². The summed E-state index contributed by atoms with van der Waals surface area (Å²) in [6.45, 7) is 2.29. The minimum Gasteiger partial charge on any atom is -0.756 e. The van der Waals surface area contributed by atoms with Gasteiger partial charge in [-0.15, -0.1) is 0 Å². The van der Waals surface area contributed by atoms with E-state index in [-0.39, 0.29) is 19.1 Å². The van der Waals surface area contributed by atoms with Gasteiger partial charge < -0.3 is 29.5 Å². The molecule has 0 radical (unpaired) electrons. The Labute approximate surface area is 196 Å². The summed E-state index contributed by atoms with van der Waals surface area (Å²) in [5.74, 6) is 0.149. The van der Waals surface area contributed by atoms with Gasteiger partial charge in [-0.25, -0.2) is 0 Å². The molecule has 1 amide bonds. The largest absolute Gasteiger partial charge is 0.756 e. The first kappa shape index (κ1) is 31.5. The van der Waals surface area contributed by atoms with E-state index >= 15 is 0 Å². The topological polar surface area (TPSA) is 114 Å². The summed E-state index contributed by atoms with van der Waals surface area (Å²) in [5, 5.41) is 2.89. The number of unbranched alkanes of at least 4 members (excludes halogenated alkanes) is 11. The van der Waals surface area contributed by atoms with Crippen LogP contribution in [0.4, 0.5) is 0 Å². The fourth-order valence-corrected chi connectivity index (χ4v) is 3.95. The van der Waals surface area contributed by atoms with Gasteiger partial charge in [0.25, 0.3) is 7.82 Å². The van der Waals surface area contributed by atoms with E-state index in [1.54, 1.807) is 0 Å². The SMILES string of the molecule is C[N+](C)(C)CCOP(=O)([O-])OCCCCCCCCCCCCCCC(=O)NCCCN. The third-order valence-electron chi connectivity index (χ3n) is 5.26. The lowest BCUT2D eigenvalue weighted by atomic mass is 10.0. The first-order valence-corrected chi connectivity index (χ1v) is 14.0. The zero-order chi connectivity index (χ0) is 24.1. The molecule has 0 aromatic rings. The number of nitrogens with zero attached hydrogens (tertiary/aromatic N) is 1. The van der Waals surface area contributed by atoms with Crippen LogP contribution in [-0.2, 0) is 18.4 Å². The Morgan fingerprint density at radius 2 is 1.28 bits per heavy atom. The van der Waals surface area contributed by atoms with Gasteiger partial charge in [-0.05, 0) is 25.8 Å². The number of rotatable bonds is 23. The van der Waals surface area contributed by atoms with E-state index in [1.165, 1.54) is 44.9 Å². The first-order chi connectivity index (χ1) is 15.2. The summed E-state index contributed by atoms with van der Waals surface area (Å²) in [6, 6.07) is 0. The predicted molar refractivity (Wildman–Crippen MR) is 129 cm³/mol. The number of hydrogen-bond acceptors (Lipinski definition) is 6. The quantitative estimate of drug-likeness (QED) is 0.131. The summed E-state index contributed by atoms with van der Waals surface area (Å²) in [6.07, 6.45) is 15.1. The molecule has 0 saturated carbocycles. The Morgan fingerprint density at radius 3 is 1.78 bits per heavy atom. The van der Waals surface area contributed by atoms with Crippen LogP contribution >= 0.6 is 7.82 Å². The van der Waals surface area contributed by atoms with Gasteiger partial charge in [-0.1, -0.05) is 64.2 Å². The van der Waals surface area contributed by atoms with Gasteiger partial charge in [-0.2, -0.15) is 0 Å². The lowest BCUT2D eigenvalue weighted by molar-refractivity contribution is -0.870. The van der Waals surface area contributed by atoms with Crippen LogP contribution in [0.15, 0.2) is 0 Å². The second-order valence-corrected chi connectivity index (χ2v) is 11.0. The number of amides is 1. The lowest BCUT2D eigenvalue weighted by Gasteiger charge is -2.27. The molecule has 32 heavy (non-hydrogen) atoms. The fraction of sp³-hybridized carbons (Fsp3) is 0.957. The van der Waals surface area contributed by atoms with Crippen molar-refractivity contribution in [1.82, 2.24) is 5.32 Å². The van der Waals surface area contributed by atoms with Crippen molar-refractivity contribution in [3.63, 3.8) is 0 Å². The van der Waals surface area contributed by atoms with E-state index in [1.807, 2.05) is 21.1 Å². The second-order valence-electron chi connectivity index (χ2n) is 9.61. The van der Waals surface area contributed by atoms with Crippen LogP contribution < -0.4 is 15.9 Å². The Kier molecular flexibility index (Phi) is 19.6. The minimum atomic E-state index is -4.16. The minimum absolute atomic E-state index is 0.149. The highest BCUT2D eigenvalue weighted by Gasteiger charge is 2.12. The Morgan fingerprint density at radius 1 is 0.812 bits per heavy atom. The smallest absolute Gasteiger partial charge is 0.268 e. The molecule has 0 bridgehead atoms. The van der Waals surface area contributed by atoms with Gasteiger partial charge >= 0.3 is 0 Å². The molecule has 8 nitrogen and oxygen atoms in total. The zero-order valence-electron chi connectivity index (χ0n) is 20.9. The molecule has 0 aliphatic heterocycles. The molecular formula is C23H50N3O5P. The number of likely N-dealkylation sites (N-methyl/N-ethyl adjacent to an activating group) is 1. The highest BCUT2D eigenvalue weighted by atomic mass is 31.2. The van der Waals surface area contributed by atoms with E-state index in [2.05, 4.69) is 5.32 Å². The van der Waals surface area contributed by atoms with Gasteiger partial charge in [-0.3, -0.25) is 9.36 Å². The average Bonchev–Trinajstić information content (AvgIpc) is 2.70. The Balaban J connectivity index is 3.32.